The molecule has 0 fully saturated rings. The second-order valence-corrected chi connectivity index (χ2v) is 5.14. The summed E-state index contributed by atoms with van der Waals surface area (Å²) in [6.07, 6.45) is 0.809. The van der Waals surface area contributed by atoms with Crippen molar-refractivity contribution in [3.8, 4) is 11.8 Å². The van der Waals surface area contributed by atoms with E-state index in [0.29, 0.717) is 18.7 Å². The van der Waals surface area contributed by atoms with Crippen LogP contribution in [0.3, 0.4) is 0 Å². The average molecular weight is 280 g/mol. The van der Waals surface area contributed by atoms with Crippen LogP contribution in [0.25, 0.3) is 0 Å². The summed E-state index contributed by atoms with van der Waals surface area (Å²) in [7, 11) is 0. The number of nitriles is 1. The van der Waals surface area contributed by atoms with Gasteiger partial charge in [0.25, 0.3) is 0 Å². The molecule has 0 radical (unpaired) electrons. The fourth-order valence-corrected chi connectivity index (χ4v) is 2.35. The van der Waals surface area contributed by atoms with E-state index in [4.69, 9.17) is 15.7 Å². The molecule has 2 rings (SSSR count). The summed E-state index contributed by atoms with van der Waals surface area (Å²) in [4.78, 5) is 0. The Balaban J connectivity index is 2.19. The number of aryl methyl sites for hydroxylation is 2. The monoisotopic (exact) mass is 280 g/mol. The Morgan fingerprint density at radius 1 is 1.10 bits per heavy atom. The Morgan fingerprint density at radius 2 is 1.90 bits per heavy atom. The molecule has 0 aliphatic rings. The van der Waals surface area contributed by atoms with Crippen LogP contribution in [-0.2, 0) is 13.0 Å². The van der Waals surface area contributed by atoms with Gasteiger partial charge in [-0.05, 0) is 61.2 Å². The van der Waals surface area contributed by atoms with E-state index < -0.39 is 0 Å². The summed E-state index contributed by atoms with van der Waals surface area (Å²) in [6.45, 7) is 5.15. The molecule has 0 spiro atoms. The molecule has 2 aromatic rings. The fourth-order valence-electron chi connectivity index (χ4n) is 2.35. The smallest absolute Gasteiger partial charge is 0.125 e. The third-order valence-corrected chi connectivity index (χ3v) is 3.55. The molecule has 108 valence electrons. The SMILES string of the molecule is Cc1cc(C#N)ccc1COc1c(C)cccc1CCN. The highest BCUT2D eigenvalue weighted by Crippen LogP contribution is 2.25. The van der Waals surface area contributed by atoms with E-state index in [0.717, 1.165) is 34.4 Å². The highest BCUT2D eigenvalue weighted by Gasteiger charge is 2.08. The minimum Gasteiger partial charge on any atom is -0.488 e. The Hall–Kier alpha value is -2.31. The molecule has 0 saturated heterocycles. The van der Waals surface area contributed by atoms with Gasteiger partial charge < -0.3 is 10.5 Å². The van der Waals surface area contributed by atoms with Gasteiger partial charge in [0.15, 0.2) is 0 Å². The molecule has 3 nitrogen and oxygen atoms in total. The quantitative estimate of drug-likeness (QED) is 0.914. The lowest BCUT2D eigenvalue weighted by atomic mass is 10.1. The Kier molecular flexibility index (Phi) is 4.97. The zero-order valence-electron chi connectivity index (χ0n) is 12.5. The first kappa shape index (κ1) is 15.1. The van der Waals surface area contributed by atoms with Crippen LogP contribution < -0.4 is 10.5 Å². The zero-order valence-corrected chi connectivity index (χ0v) is 12.5. The molecule has 2 N–H and O–H groups in total. The zero-order chi connectivity index (χ0) is 15.2. The summed E-state index contributed by atoms with van der Waals surface area (Å²) >= 11 is 0. The molecule has 0 heterocycles. The minimum atomic E-state index is 0.500. The van der Waals surface area contributed by atoms with E-state index >= 15 is 0 Å². The van der Waals surface area contributed by atoms with Crippen LogP contribution in [0.15, 0.2) is 36.4 Å². The second kappa shape index (κ2) is 6.92. The summed E-state index contributed by atoms with van der Waals surface area (Å²) in [5.41, 5.74) is 10.8. The van der Waals surface area contributed by atoms with Crippen molar-refractivity contribution in [3.63, 3.8) is 0 Å². The van der Waals surface area contributed by atoms with Crippen molar-refractivity contribution in [2.75, 3.05) is 6.54 Å². The number of hydrogen-bond acceptors (Lipinski definition) is 3. The Morgan fingerprint density at radius 3 is 2.57 bits per heavy atom. The van der Waals surface area contributed by atoms with E-state index in [-0.39, 0.29) is 0 Å². The average Bonchev–Trinajstić information content (AvgIpc) is 2.48. The van der Waals surface area contributed by atoms with Gasteiger partial charge in [-0.25, -0.2) is 0 Å². The molecular formula is C18H20N2O. The fraction of sp³-hybridized carbons (Fsp3) is 0.278. The van der Waals surface area contributed by atoms with Gasteiger partial charge in [-0.1, -0.05) is 24.3 Å². The number of nitrogens with zero attached hydrogens (tertiary/aromatic N) is 1. The topological polar surface area (TPSA) is 59.0 Å². The number of benzene rings is 2. The number of nitrogens with two attached hydrogens (primary N) is 1. The van der Waals surface area contributed by atoms with Crippen LogP contribution in [-0.4, -0.2) is 6.54 Å². The molecule has 0 unspecified atom stereocenters. The normalized spacial score (nSPS) is 10.2. The van der Waals surface area contributed by atoms with Crippen LogP contribution in [0.1, 0.15) is 27.8 Å². The Bertz CT molecular complexity index is 671. The summed E-state index contributed by atoms with van der Waals surface area (Å²) < 4.78 is 6.02. The highest BCUT2D eigenvalue weighted by atomic mass is 16.5. The predicted molar refractivity (Wildman–Crippen MR) is 84.2 cm³/mol. The maximum Gasteiger partial charge on any atom is 0.125 e. The molecular weight excluding hydrogens is 260 g/mol. The first-order valence-electron chi connectivity index (χ1n) is 7.06. The number of rotatable bonds is 5. The van der Waals surface area contributed by atoms with Crippen LogP contribution in [0.2, 0.25) is 0 Å². The largest absolute Gasteiger partial charge is 0.488 e. The molecule has 0 amide bonds. The first-order valence-corrected chi connectivity index (χ1v) is 7.06. The molecule has 0 aliphatic heterocycles. The summed E-state index contributed by atoms with van der Waals surface area (Å²) in [6, 6.07) is 13.9. The predicted octanol–water partition coefficient (Wildman–Crippen LogP) is 3.26. The molecule has 3 heteroatoms. The number of hydrogen-bond donors (Lipinski definition) is 1. The molecule has 0 bridgehead atoms. The lowest BCUT2D eigenvalue weighted by molar-refractivity contribution is 0.300. The van der Waals surface area contributed by atoms with Crippen molar-refractivity contribution >= 4 is 0 Å². The minimum absolute atomic E-state index is 0.500. The van der Waals surface area contributed by atoms with Gasteiger partial charge in [-0.2, -0.15) is 5.26 Å². The number of ether oxygens (including phenoxy) is 1. The van der Waals surface area contributed by atoms with Gasteiger partial charge in [-0.3, -0.25) is 0 Å². The van der Waals surface area contributed by atoms with Crippen molar-refractivity contribution in [1.29, 1.82) is 5.26 Å². The van der Waals surface area contributed by atoms with E-state index in [1.807, 2.05) is 44.2 Å². The van der Waals surface area contributed by atoms with Gasteiger partial charge in [0, 0.05) is 0 Å². The summed E-state index contributed by atoms with van der Waals surface area (Å²) in [5, 5.41) is 8.90. The van der Waals surface area contributed by atoms with Gasteiger partial charge in [0.2, 0.25) is 0 Å². The first-order chi connectivity index (χ1) is 10.2. The van der Waals surface area contributed by atoms with Gasteiger partial charge in [0.1, 0.15) is 12.4 Å². The standard InChI is InChI=1S/C18H20N2O/c1-13-4-3-5-16(8-9-19)18(13)21-12-17-7-6-15(11-20)10-14(17)2/h3-7,10H,8-9,12,19H2,1-2H3. The molecule has 0 saturated carbocycles. The van der Waals surface area contributed by atoms with E-state index in [1.54, 1.807) is 0 Å². The third kappa shape index (κ3) is 3.62. The van der Waals surface area contributed by atoms with Gasteiger partial charge >= 0.3 is 0 Å². The van der Waals surface area contributed by atoms with Gasteiger partial charge in [0.05, 0.1) is 11.6 Å². The van der Waals surface area contributed by atoms with Crippen molar-refractivity contribution in [2.24, 2.45) is 5.73 Å². The lowest BCUT2D eigenvalue weighted by Crippen LogP contribution is -2.07. The molecule has 2 aromatic carbocycles. The number of para-hydroxylation sites is 1. The van der Waals surface area contributed by atoms with Crippen molar-refractivity contribution in [3.05, 3.63) is 64.2 Å². The van der Waals surface area contributed by atoms with Crippen molar-refractivity contribution < 1.29 is 4.74 Å². The van der Waals surface area contributed by atoms with Crippen LogP contribution in [0.4, 0.5) is 0 Å². The second-order valence-electron chi connectivity index (χ2n) is 5.14. The van der Waals surface area contributed by atoms with E-state index in [2.05, 4.69) is 12.1 Å². The lowest BCUT2D eigenvalue weighted by Gasteiger charge is -2.15. The Labute approximate surface area is 126 Å². The van der Waals surface area contributed by atoms with E-state index in [1.165, 1.54) is 0 Å². The summed E-state index contributed by atoms with van der Waals surface area (Å²) in [5.74, 6) is 0.923. The van der Waals surface area contributed by atoms with Crippen LogP contribution >= 0.6 is 0 Å². The molecule has 0 atom stereocenters. The maximum absolute atomic E-state index is 8.90. The molecule has 0 aromatic heterocycles. The highest BCUT2D eigenvalue weighted by molar-refractivity contribution is 5.42. The molecule has 21 heavy (non-hydrogen) atoms. The third-order valence-electron chi connectivity index (χ3n) is 3.55. The maximum atomic E-state index is 8.90. The van der Waals surface area contributed by atoms with E-state index in [9.17, 15) is 0 Å². The van der Waals surface area contributed by atoms with Gasteiger partial charge in [-0.15, -0.1) is 0 Å². The van der Waals surface area contributed by atoms with Crippen molar-refractivity contribution in [1.82, 2.24) is 0 Å². The van der Waals surface area contributed by atoms with Crippen LogP contribution in [0.5, 0.6) is 5.75 Å². The van der Waals surface area contributed by atoms with Crippen LogP contribution in [0, 0.1) is 25.2 Å². The molecule has 0 aliphatic carbocycles. The van der Waals surface area contributed by atoms with Crippen molar-refractivity contribution in [2.45, 2.75) is 26.9 Å².